The topological polar surface area (TPSA) is 78.9 Å². The highest BCUT2D eigenvalue weighted by Gasteiger charge is 2.50. The lowest BCUT2D eigenvalue weighted by Gasteiger charge is -2.51. The van der Waals surface area contributed by atoms with Crippen LogP contribution in [0.15, 0.2) is 18.2 Å². The van der Waals surface area contributed by atoms with E-state index in [1.165, 1.54) is 0 Å². The van der Waals surface area contributed by atoms with Crippen LogP contribution in [0.5, 0.6) is 5.75 Å². The molecular formula is C25H37ClN2O4. The Hall–Kier alpha value is -1.79. The van der Waals surface area contributed by atoms with Crippen LogP contribution < -0.4 is 10.1 Å². The number of methoxy groups -OCH3 is 1. The summed E-state index contributed by atoms with van der Waals surface area (Å²) in [6.45, 7) is 8.59. The zero-order chi connectivity index (χ0) is 23.7. The number of benzene rings is 1. The van der Waals surface area contributed by atoms with E-state index in [1.54, 1.807) is 19.2 Å². The number of carbonyl (C=O) groups excluding carboxylic acids is 2. The monoisotopic (exact) mass is 464 g/mol. The van der Waals surface area contributed by atoms with Gasteiger partial charge >= 0.3 is 0 Å². The molecule has 1 aliphatic heterocycles. The van der Waals surface area contributed by atoms with E-state index in [9.17, 15) is 14.7 Å². The molecule has 32 heavy (non-hydrogen) atoms. The molecule has 0 aromatic heterocycles. The standard InChI is InChI=1S/C25H37ClN2O4/c1-16(17(2)27-22(29)18-8-6-7-9-18)23(30)28-13-12-25(31,24(3,4)15-28)19-10-11-20(26)21(14-19)32-5/h10-11,14,16-18,31H,6-9,12-13,15H2,1-5H3,(H,27,29)/t16?,17-,25?/m1/s1. The number of halogens is 1. The van der Waals surface area contributed by atoms with Crippen molar-refractivity contribution in [3.63, 3.8) is 0 Å². The third-order valence-corrected chi connectivity index (χ3v) is 7.94. The van der Waals surface area contributed by atoms with Crippen molar-refractivity contribution >= 4 is 23.4 Å². The van der Waals surface area contributed by atoms with Crippen molar-refractivity contribution in [2.45, 2.75) is 71.4 Å². The van der Waals surface area contributed by atoms with Gasteiger partial charge in [-0.05, 0) is 43.9 Å². The van der Waals surface area contributed by atoms with Crippen molar-refractivity contribution < 1.29 is 19.4 Å². The van der Waals surface area contributed by atoms with Gasteiger partial charge in [0.15, 0.2) is 0 Å². The van der Waals surface area contributed by atoms with Crippen LogP contribution in [-0.2, 0) is 15.2 Å². The maximum atomic E-state index is 13.3. The molecule has 178 valence electrons. The summed E-state index contributed by atoms with van der Waals surface area (Å²) in [6.07, 6.45) is 4.50. The quantitative estimate of drug-likeness (QED) is 0.663. The molecule has 1 heterocycles. The predicted octanol–water partition coefficient (Wildman–Crippen LogP) is 4.13. The number of rotatable bonds is 6. The molecule has 3 atom stereocenters. The molecule has 1 saturated carbocycles. The summed E-state index contributed by atoms with van der Waals surface area (Å²) < 4.78 is 5.33. The van der Waals surface area contributed by atoms with Crippen LogP contribution >= 0.6 is 11.6 Å². The fourth-order valence-corrected chi connectivity index (χ4v) is 5.31. The maximum Gasteiger partial charge on any atom is 0.227 e. The summed E-state index contributed by atoms with van der Waals surface area (Å²) in [5, 5.41) is 15.2. The number of hydrogen-bond donors (Lipinski definition) is 2. The molecule has 1 aromatic rings. The number of piperidine rings is 1. The van der Waals surface area contributed by atoms with Crippen molar-refractivity contribution in [3.8, 4) is 5.75 Å². The van der Waals surface area contributed by atoms with Gasteiger partial charge in [-0.1, -0.05) is 51.3 Å². The first-order valence-corrected chi connectivity index (χ1v) is 12.0. The highest BCUT2D eigenvalue weighted by Crippen LogP contribution is 2.47. The zero-order valence-electron chi connectivity index (χ0n) is 19.9. The van der Waals surface area contributed by atoms with Crippen molar-refractivity contribution in [1.82, 2.24) is 10.2 Å². The molecule has 2 fully saturated rings. The lowest BCUT2D eigenvalue weighted by atomic mass is 9.66. The molecule has 0 spiro atoms. The van der Waals surface area contributed by atoms with Gasteiger partial charge in [-0.2, -0.15) is 0 Å². The zero-order valence-corrected chi connectivity index (χ0v) is 20.7. The molecular weight excluding hydrogens is 428 g/mol. The minimum Gasteiger partial charge on any atom is -0.495 e. The fraction of sp³-hybridized carbons (Fsp3) is 0.680. The number of nitrogens with one attached hydrogen (secondary N) is 1. The molecule has 2 amide bonds. The van der Waals surface area contributed by atoms with Crippen LogP contribution in [0.25, 0.3) is 0 Å². The average molecular weight is 465 g/mol. The molecule has 0 bridgehead atoms. The number of ether oxygens (including phenoxy) is 1. The lowest BCUT2D eigenvalue weighted by molar-refractivity contribution is -0.157. The van der Waals surface area contributed by atoms with Crippen LogP contribution in [0, 0.1) is 17.3 Å². The first-order chi connectivity index (χ1) is 15.0. The molecule has 2 N–H and O–H groups in total. The Morgan fingerprint density at radius 2 is 1.91 bits per heavy atom. The average Bonchev–Trinajstić information content (AvgIpc) is 3.30. The molecule has 0 radical (unpaired) electrons. The summed E-state index contributed by atoms with van der Waals surface area (Å²) in [7, 11) is 1.55. The molecule has 3 rings (SSSR count). The van der Waals surface area contributed by atoms with Crippen LogP contribution in [0.3, 0.4) is 0 Å². The Bertz CT molecular complexity index is 852. The first kappa shape index (κ1) is 24.8. The largest absolute Gasteiger partial charge is 0.495 e. The van der Waals surface area contributed by atoms with Crippen molar-refractivity contribution in [2.75, 3.05) is 20.2 Å². The number of carbonyl (C=O) groups is 2. The molecule has 2 unspecified atom stereocenters. The van der Waals surface area contributed by atoms with E-state index in [0.29, 0.717) is 30.3 Å². The molecule has 1 saturated heterocycles. The molecule has 2 aliphatic rings. The van der Waals surface area contributed by atoms with Crippen molar-refractivity contribution in [3.05, 3.63) is 28.8 Å². The van der Waals surface area contributed by atoms with Gasteiger partial charge in [-0.25, -0.2) is 0 Å². The SMILES string of the molecule is COc1cc(C2(O)CCN(C(=O)C(C)[C@@H](C)NC(=O)C3CCCC3)CC2(C)C)ccc1Cl. The van der Waals surface area contributed by atoms with E-state index in [2.05, 4.69) is 5.32 Å². The maximum absolute atomic E-state index is 13.3. The number of aliphatic hydroxyl groups is 1. The van der Waals surface area contributed by atoms with Gasteiger partial charge in [0.05, 0.1) is 23.7 Å². The number of amides is 2. The van der Waals surface area contributed by atoms with Crippen LogP contribution in [0.4, 0.5) is 0 Å². The fourth-order valence-electron chi connectivity index (χ4n) is 5.12. The highest BCUT2D eigenvalue weighted by molar-refractivity contribution is 6.32. The van der Waals surface area contributed by atoms with Crippen LogP contribution in [0.2, 0.25) is 5.02 Å². The van der Waals surface area contributed by atoms with Gasteiger partial charge in [0.2, 0.25) is 11.8 Å². The summed E-state index contributed by atoms with van der Waals surface area (Å²) in [5.41, 5.74) is -0.968. The van der Waals surface area contributed by atoms with Crippen molar-refractivity contribution in [2.24, 2.45) is 17.3 Å². The van der Waals surface area contributed by atoms with Gasteiger partial charge in [0, 0.05) is 30.5 Å². The normalized spacial score (nSPS) is 25.3. The van der Waals surface area contributed by atoms with Crippen molar-refractivity contribution in [1.29, 1.82) is 0 Å². The van der Waals surface area contributed by atoms with E-state index in [0.717, 1.165) is 31.2 Å². The minimum absolute atomic E-state index is 0.00744. The van der Waals surface area contributed by atoms with Gasteiger partial charge in [-0.3, -0.25) is 9.59 Å². The minimum atomic E-state index is -1.12. The Labute approximate surface area is 196 Å². The van der Waals surface area contributed by atoms with Gasteiger partial charge in [-0.15, -0.1) is 0 Å². The second-order valence-corrected chi connectivity index (χ2v) is 10.6. The van der Waals surface area contributed by atoms with Gasteiger partial charge in [0.1, 0.15) is 5.75 Å². The highest BCUT2D eigenvalue weighted by atomic mass is 35.5. The first-order valence-electron chi connectivity index (χ1n) is 11.7. The number of hydrogen-bond acceptors (Lipinski definition) is 4. The molecule has 6 nitrogen and oxygen atoms in total. The smallest absolute Gasteiger partial charge is 0.227 e. The van der Waals surface area contributed by atoms with E-state index >= 15 is 0 Å². The second-order valence-electron chi connectivity index (χ2n) is 10.2. The van der Waals surface area contributed by atoms with Crippen LogP contribution in [-0.4, -0.2) is 48.1 Å². The van der Waals surface area contributed by atoms with E-state index in [-0.39, 0.29) is 29.7 Å². The Morgan fingerprint density at radius 1 is 1.25 bits per heavy atom. The summed E-state index contributed by atoms with van der Waals surface area (Å²) in [4.78, 5) is 27.6. The molecule has 1 aromatic carbocycles. The molecule has 1 aliphatic carbocycles. The predicted molar refractivity (Wildman–Crippen MR) is 126 cm³/mol. The summed E-state index contributed by atoms with van der Waals surface area (Å²) >= 11 is 6.17. The van der Waals surface area contributed by atoms with E-state index in [1.807, 2.05) is 38.7 Å². The molecule has 7 heteroatoms. The number of likely N-dealkylation sites (tertiary alicyclic amines) is 1. The second kappa shape index (κ2) is 9.60. The van der Waals surface area contributed by atoms with Gasteiger partial charge < -0.3 is 20.1 Å². The lowest BCUT2D eigenvalue weighted by Crippen LogP contribution is -2.58. The third-order valence-electron chi connectivity index (χ3n) is 7.63. The van der Waals surface area contributed by atoms with E-state index < -0.39 is 11.0 Å². The Morgan fingerprint density at radius 3 is 2.50 bits per heavy atom. The Kier molecular flexibility index (Phi) is 7.45. The van der Waals surface area contributed by atoms with Gasteiger partial charge in [0.25, 0.3) is 0 Å². The summed E-state index contributed by atoms with van der Waals surface area (Å²) in [6, 6.07) is 5.11. The van der Waals surface area contributed by atoms with Crippen LogP contribution in [0.1, 0.15) is 65.4 Å². The van der Waals surface area contributed by atoms with E-state index in [4.69, 9.17) is 16.3 Å². The number of nitrogens with zero attached hydrogens (tertiary/aromatic N) is 1. The summed E-state index contributed by atoms with van der Waals surface area (Å²) in [5.74, 6) is 0.345. The third kappa shape index (κ3) is 4.76. The Balaban J connectivity index is 1.68.